The molecule has 0 aliphatic carbocycles. The van der Waals surface area contributed by atoms with Gasteiger partial charge in [0.2, 0.25) is 18.3 Å². The molecule has 2 N–H and O–H groups in total. The molecular formula is C22H23F4N4O4S+. The van der Waals surface area contributed by atoms with Crippen molar-refractivity contribution in [1.29, 1.82) is 0 Å². The summed E-state index contributed by atoms with van der Waals surface area (Å²) >= 11 is 1.06. The fourth-order valence-electron chi connectivity index (χ4n) is 3.91. The molecule has 0 saturated carbocycles. The number of halogens is 4. The second-order valence-corrected chi connectivity index (χ2v) is 8.84. The number of ether oxygens (including phenoxy) is 2. The van der Waals surface area contributed by atoms with Gasteiger partial charge in [-0.05, 0) is 5.56 Å². The van der Waals surface area contributed by atoms with Gasteiger partial charge in [0, 0.05) is 48.5 Å². The number of nitrogens with one attached hydrogen (secondary N) is 1. The van der Waals surface area contributed by atoms with E-state index in [1.165, 1.54) is 36.7 Å². The number of pyridine rings is 1. The number of nitrogens with zero attached hydrogens (tertiary/aromatic N) is 3. The van der Waals surface area contributed by atoms with E-state index in [-0.39, 0.29) is 36.3 Å². The van der Waals surface area contributed by atoms with Gasteiger partial charge in [0.1, 0.15) is 0 Å². The van der Waals surface area contributed by atoms with E-state index in [4.69, 9.17) is 0 Å². The normalized spacial score (nSPS) is 20.2. The van der Waals surface area contributed by atoms with Crippen molar-refractivity contribution in [3.8, 4) is 11.5 Å². The Morgan fingerprint density at radius 1 is 1.23 bits per heavy atom. The highest BCUT2D eigenvalue weighted by atomic mass is 32.1. The van der Waals surface area contributed by atoms with Crippen molar-refractivity contribution in [2.45, 2.75) is 38.4 Å². The van der Waals surface area contributed by atoms with Gasteiger partial charge in [-0.15, -0.1) is 8.78 Å². The first-order valence-corrected chi connectivity index (χ1v) is 11.7. The van der Waals surface area contributed by atoms with Crippen LogP contribution in [0.3, 0.4) is 0 Å². The van der Waals surface area contributed by atoms with E-state index in [1.54, 1.807) is 4.90 Å². The first-order valence-electron chi connectivity index (χ1n) is 10.9. The van der Waals surface area contributed by atoms with Crippen molar-refractivity contribution >= 4 is 32.6 Å². The quantitative estimate of drug-likeness (QED) is 0.307. The number of anilines is 1. The standard InChI is InChI=1S/C20H16F4N4O4S.C2H6/c21-19(22)3-6-27(9-12(19)11-1-4-28(30)5-2-11)10-17(29)26-18-25-13-7-14-15(8-16(13)33-18)32-20(23,24)31-14;1-2/h1-2,4-5,7-8,12H,3,6,9-10H2,(H-,25,26,29,30);1-2H3/p+1. The fourth-order valence-corrected chi connectivity index (χ4v) is 4.80. The summed E-state index contributed by atoms with van der Waals surface area (Å²) in [7, 11) is 0. The van der Waals surface area contributed by atoms with Crippen LogP contribution in [-0.4, -0.2) is 52.8 Å². The molecule has 0 spiro atoms. The van der Waals surface area contributed by atoms with Crippen LogP contribution in [0.1, 0.15) is 31.7 Å². The zero-order valence-electron chi connectivity index (χ0n) is 18.8. The minimum atomic E-state index is -3.73. The number of thiazole rings is 1. The van der Waals surface area contributed by atoms with Gasteiger partial charge < -0.3 is 14.8 Å². The Morgan fingerprint density at radius 2 is 1.89 bits per heavy atom. The molecule has 1 fully saturated rings. The van der Waals surface area contributed by atoms with Gasteiger partial charge in [-0.2, -0.15) is 0 Å². The average molecular weight is 516 g/mol. The van der Waals surface area contributed by atoms with Crippen molar-refractivity contribution in [2.24, 2.45) is 0 Å². The predicted molar refractivity (Wildman–Crippen MR) is 118 cm³/mol. The molecule has 2 aromatic heterocycles. The van der Waals surface area contributed by atoms with E-state index in [2.05, 4.69) is 19.8 Å². The second kappa shape index (κ2) is 9.46. The third-order valence-corrected chi connectivity index (χ3v) is 6.41. The minimum Gasteiger partial charge on any atom is -0.395 e. The van der Waals surface area contributed by atoms with Crippen LogP contribution in [-0.2, 0) is 4.79 Å². The number of fused-ring (bicyclic) bond motifs is 2. The summed E-state index contributed by atoms with van der Waals surface area (Å²) in [6.07, 6.45) is -1.59. The molecule has 35 heavy (non-hydrogen) atoms. The Balaban J connectivity index is 0.00000141. The van der Waals surface area contributed by atoms with Crippen molar-refractivity contribution in [3.63, 3.8) is 0 Å². The number of aromatic nitrogens is 2. The zero-order valence-corrected chi connectivity index (χ0v) is 19.6. The molecule has 0 radical (unpaired) electrons. The summed E-state index contributed by atoms with van der Waals surface area (Å²) in [6, 6.07) is 5.49. The average Bonchev–Trinajstić information content (AvgIpc) is 3.31. The molecule has 1 amide bonds. The molecule has 5 rings (SSSR count). The van der Waals surface area contributed by atoms with Gasteiger partial charge in [0.05, 0.1) is 22.7 Å². The maximum Gasteiger partial charge on any atom is 0.586 e. The number of likely N-dealkylation sites (tertiary alicyclic amines) is 1. The number of alkyl halides is 4. The molecule has 1 aromatic carbocycles. The highest BCUT2D eigenvalue weighted by Gasteiger charge is 2.45. The van der Waals surface area contributed by atoms with Gasteiger partial charge in [-0.1, -0.05) is 25.2 Å². The lowest BCUT2D eigenvalue weighted by Crippen LogP contribution is -2.48. The molecule has 2 aliphatic rings. The second-order valence-electron chi connectivity index (χ2n) is 7.81. The lowest BCUT2D eigenvalue weighted by Gasteiger charge is -2.38. The number of carbonyl (C=O) groups excluding carboxylic acids is 1. The summed E-state index contributed by atoms with van der Waals surface area (Å²) in [5.74, 6) is -4.78. The molecule has 0 bridgehead atoms. The Kier molecular flexibility index (Phi) is 6.73. The summed E-state index contributed by atoms with van der Waals surface area (Å²) in [4.78, 5) is 18.4. The SMILES string of the molecule is CC.O=C(CN1CCC(F)(F)C(c2cc[n+](O)cc2)C1)Nc1nc2cc3c(cc2s1)OC(F)(F)O3. The Labute approximate surface area is 201 Å². The monoisotopic (exact) mass is 515 g/mol. The molecule has 1 saturated heterocycles. The van der Waals surface area contributed by atoms with Crippen LogP contribution in [0, 0.1) is 0 Å². The number of hydrogen-bond acceptors (Lipinski definition) is 7. The van der Waals surface area contributed by atoms with Crippen molar-refractivity contribution in [1.82, 2.24) is 9.88 Å². The van der Waals surface area contributed by atoms with Gasteiger partial charge in [-0.3, -0.25) is 14.9 Å². The number of amides is 1. The smallest absolute Gasteiger partial charge is 0.395 e. The van der Waals surface area contributed by atoms with E-state index < -0.39 is 30.5 Å². The highest BCUT2D eigenvalue weighted by molar-refractivity contribution is 7.22. The maximum atomic E-state index is 14.5. The number of rotatable bonds is 4. The van der Waals surface area contributed by atoms with Gasteiger partial charge in [-0.25, -0.2) is 13.8 Å². The van der Waals surface area contributed by atoms with Crippen LogP contribution in [0.25, 0.3) is 10.2 Å². The third kappa shape index (κ3) is 5.40. The minimum absolute atomic E-state index is 0.0364. The topological polar surface area (TPSA) is 87.8 Å². The van der Waals surface area contributed by atoms with Gasteiger partial charge in [0.25, 0.3) is 5.92 Å². The number of benzene rings is 1. The third-order valence-electron chi connectivity index (χ3n) is 5.48. The lowest BCUT2D eigenvalue weighted by molar-refractivity contribution is -0.904. The first kappa shape index (κ1) is 24.9. The van der Waals surface area contributed by atoms with Crippen LogP contribution in [0.15, 0.2) is 36.7 Å². The van der Waals surface area contributed by atoms with E-state index in [1.807, 2.05) is 13.8 Å². The van der Waals surface area contributed by atoms with Crippen LogP contribution >= 0.6 is 11.3 Å². The summed E-state index contributed by atoms with van der Waals surface area (Å²) in [5, 5.41) is 12.2. The molecule has 188 valence electrons. The predicted octanol–water partition coefficient (Wildman–Crippen LogP) is 4.23. The molecule has 1 unspecified atom stereocenters. The van der Waals surface area contributed by atoms with Crippen molar-refractivity contribution in [3.05, 3.63) is 42.2 Å². The number of piperidine rings is 1. The Bertz CT molecular complexity index is 1180. The molecule has 8 nitrogen and oxygen atoms in total. The molecular weight excluding hydrogens is 492 g/mol. The Hall–Kier alpha value is -3.19. The molecule has 13 heteroatoms. The zero-order chi connectivity index (χ0) is 25.4. The lowest BCUT2D eigenvalue weighted by atomic mass is 9.87. The summed E-state index contributed by atoms with van der Waals surface area (Å²) in [5.41, 5.74) is 0.711. The summed E-state index contributed by atoms with van der Waals surface area (Å²) in [6.45, 7) is 3.88. The van der Waals surface area contributed by atoms with E-state index in [0.29, 0.717) is 15.8 Å². The first-order chi connectivity index (χ1) is 16.6. The fraction of sp³-hybridized carbons (Fsp3) is 0.409. The van der Waals surface area contributed by atoms with E-state index >= 15 is 0 Å². The van der Waals surface area contributed by atoms with Crippen molar-refractivity contribution < 1.29 is 41.8 Å². The Morgan fingerprint density at radius 3 is 2.57 bits per heavy atom. The largest absolute Gasteiger partial charge is 0.586 e. The van der Waals surface area contributed by atoms with Gasteiger partial charge in [0.15, 0.2) is 16.6 Å². The number of carbonyl (C=O) groups is 1. The molecule has 3 aromatic rings. The van der Waals surface area contributed by atoms with Crippen LogP contribution in [0.5, 0.6) is 11.5 Å². The highest BCUT2D eigenvalue weighted by Crippen LogP contribution is 2.45. The van der Waals surface area contributed by atoms with Crippen LogP contribution in [0.4, 0.5) is 22.7 Å². The van der Waals surface area contributed by atoms with E-state index in [9.17, 15) is 27.6 Å². The van der Waals surface area contributed by atoms with Crippen LogP contribution < -0.4 is 19.5 Å². The van der Waals surface area contributed by atoms with Gasteiger partial charge >= 0.3 is 6.29 Å². The summed E-state index contributed by atoms with van der Waals surface area (Å²) < 4.78 is 65.5. The molecule has 1 atom stereocenters. The molecule has 4 heterocycles. The van der Waals surface area contributed by atoms with Crippen LogP contribution in [0.2, 0.25) is 0 Å². The van der Waals surface area contributed by atoms with Crippen molar-refractivity contribution in [2.75, 3.05) is 25.0 Å². The molecule has 2 aliphatic heterocycles. The van der Waals surface area contributed by atoms with E-state index in [0.717, 1.165) is 16.1 Å². The maximum absolute atomic E-state index is 14.5. The number of hydrogen-bond donors (Lipinski definition) is 2.